The first-order valence-electron chi connectivity index (χ1n) is 21.3. The number of pyridine rings is 1. The van der Waals surface area contributed by atoms with Gasteiger partial charge in [0.05, 0.1) is 47.2 Å². The van der Waals surface area contributed by atoms with Crippen molar-refractivity contribution < 1.29 is 23.9 Å². The van der Waals surface area contributed by atoms with Gasteiger partial charge in [0, 0.05) is 62.9 Å². The van der Waals surface area contributed by atoms with Crippen LogP contribution in [-0.2, 0) is 16.6 Å². The molecule has 3 fully saturated rings. The standard InChI is InChI=1S/C44H53N9O6/c1-49(30-18-20-51(21-19-30)35-9-7-10-36-41(35)50(2)44(57)53(36)37-16-17-39(54)47-43(37)56)26-28-12-14-31(15-13-28)52-27-29-24-34-38(25-33(29)48-52)58-22-4-3-5-23-59-40-11-6-8-32(45-40)42(55)46-34/h6-11,24-25,27-28,30-31,37H,3-5,12-23,26H2,1-2H3,(H,46,55)(H,47,54,56)/t28-,31-,37?. The van der Waals surface area contributed by atoms with Crippen molar-refractivity contribution in [1.82, 2.24) is 34.1 Å². The molecular weight excluding hydrogens is 751 g/mol. The molecule has 2 saturated heterocycles. The lowest BCUT2D eigenvalue weighted by Crippen LogP contribution is -2.45. The lowest BCUT2D eigenvalue weighted by molar-refractivity contribution is -0.135. The summed E-state index contributed by atoms with van der Waals surface area (Å²) in [6, 6.07) is 15.2. The highest BCUT2D eigenvalue weighted by molar-refractivity contribution is 6.05. The van der Waals surface area contributed by atoms with Gasteiger partial charge < -0.3 is 24.6 Å². The molecule has 0 radical (unpaired) electrons. The number of fused-ring (bicyclic) bond motifs is 5. The zero-order chi connectivity index (χ0) is 40.6. The van der Waals surface area contributed by atoms with Crippen LogP contribution in [0, 0.1) is 5.92 Å². The van der Waals surface area contributed by atoms with E-state index in [9.17, 15) is 19.2 Å². The fourth-order valence-corrected chi connectivity index (χ4v) is 9.62. The van der Waals surface area contributed by atoms with Gasteiger partial charge in [0.1, 0.15) is 17.5 Å². The second-order valence-corrected chi connectivity index (χ2v) is 16.7. The number of piperidine rings is 2. The molecule has 6 heterocycles. The van der Waals surface area contributed by atoms with E-state index in [0.717, 1.165) is 105 Å². The van der Waals surface area contributed by atoms with Crippen molar-refractivity contribution in [3.63, 3.8) is 0 Å². The average Bonchev–Trinajstić information content (AvgIpc) is 3.77. The predicted molar refractivity (Wildman–Crippen MR) is 224 cm³/mol. The zero-order valence-electron chi connectivity index (χ0n) is 33.9. The number of hydrogen-bond donors (Lipinski definition) is 2. The van der Waals surface area contributed by atoms with E-state index in [1.165, 1.54) is 0 Å². The first-order chi connectivity index (χ1) is 28.7. The molecule has 9 rings (SSSR count). The van der Waals surface area contributed by atoms with Crippen molar-refractivity contribution in [1.29, 1.82) is 0 Å². The minimum Gasteiger partial charge on any atom is -0.491 e. The van der Waals surface area contributed by atoms with E-state index >= 15 is 0 Å². The lowest BCUT2D eigenvalue weighted by atomic mass is 9.85. The summed E-state index contributed by atoms with van der Waals surface area (Å²) in [5.41, 5.74) is 4.07. The van der Waals surface area contributed by atoms with Crippen molar-refractivity contribution in [3.8, 4) is 11.6 Å². The van der Waals surface area contributed by atoms with Crippen LogP contribution in [0.2, 0.25) is 0 Å². The predicted octanol–water partition coefficient (Wildman–Crippen LogP) is 5.59. The molecule has 15 nitrogen and oxygen atoms in total. The SMILES string of the molecule is CN(C[C@H]1CC[C@H](n2cc3cc4c(cc3n2)OCCCCCOc2cccc(n2)C(=O)N4)CC1)C1CCN(c2cccc3c2n(C)c(=O)n3C2CCC(=O)NC2=O)CC1. The molecule has 310 valence electrons. The van der Waals surface area contributed by atoms with Crippen molar-refractivity contribution in [2.24, 2.45) is 13.0 Å². The number of carbonyl (C=O) groups is 3. The topological polar surface area (TPSA) is 158 Å². The van der Waals surface area contributed by atoms with Crippen molar-refractivity contribution in [2.75, 3.05) is 50.1 Å². The number of benzene rings is 2. The molecule has 4 aliphatic rings. The molecule has 0 spiro atoms. The normalized spacial score (nSPS) is 22.4. The number of aromatic nitrogens is 5. The first kappa shape index (κ1) is 38.8. The van der Waals surface area contributed by atoms with E-state index in [-0.39, 0.29) is 29.6 Å². The van der Waals surface area contributed by atoms with E-state index in [1.54, 1.807) is 34.4 Å². The number of imide groups is 1. The van der Waals surface area contributed by atoms with Gasteiger partial charge in [0.25, 0.3) is 5.91 Å². The van der Waals surface area contributed by atoms with Gasteiger partial charge in [-0.2, -0.15) is 5.10 Å². The van der Waals surface area contributed by atoms with Crippen molar-refractivity contribution >= 4 is 51.0 Å². The van der Waals surface area contributed by atoms with Gasteiger partial charge in [-0.3, -0.25) is 33.5 Å². The summed E-state index contributed by atoms with van der Waals surface area (Å²) in [7, 11) is 4.03. The molecule has 59 heavy (non-hydrogen) atoms. The lowest BCUT2D eigenvalue weighted by Gasteiger charge is -2.40. The Hall–Kier alpha value is -5.70. The molecule has 1 saturated carbocycles. The molecule has 2 N–H and O–H groups in total. The minimum atomic E-state index is -0.698. The highest BCUT2D eigenvalue weighted by atomic mass is 16.5. The smallest absolute Gasteiger partial charge is 0.329 e. The highest BCUT2D eigenvalue weighted by Gasteiger charge is 2.33. The highest BCUT2D eigenvalue weighted by Crippen LogP contribution is 2.37. The van der Waals surface area contributed by atoms with Crippen molar-refractivity contribution in [2.45, 2.75) is 88.8 Å². The van der Waals surface area contributed by atoms with E-state index in [2.05, 4.69) is 49.4 Å². The number of rotatable bonds is 6. The number of ether oxygens (including phenoxy) is 2. The Morgan fingerprint density at radius 1 is 0.864 bits per heavy atom. The molecule has 1 aliphatic carbocycles. The molecule has 15 heteroatoms. The zero-order valence-corrected chi connectivity index (χ0v) is 33.9. The Bertz CT molecular complexity index is 2440. The third-order valence-electron chi connectivity index (χ3n) is 12.9. The fraction of sp³-hybridized carbons (Fsp3) is 0.500. The summed E-state index contributed by atoms with van der Waals surface area (Å²) in [6.45, 7) is 3.90. The number of imidazole rings is 1. The Balaban J connectivity index is 0.814. The van der Waals surface area contributed by atoms with Crippen LogP contribution in [0.5, 0.6) is 11.6 Å². The molecule has 2 aromatic carbocycles. The number of nitrogens with one attached hydrogen (secondary N) is 2. The van der Waals surface area contributed by atoms with Gasteiger partial charge in [-0.1, -0.05) is 12.1 Å². The van der Waals surface area contributed by atoms with Crippen LogP contribution in [0.3, 0.4) is 0 Å². The van der Waals surface area contributed by atoms with Gasteiger partial charge >= 0.3 is 5.69 Å². The van der Waals surface area contributed by atoms with Crippen LogP contribution in [0.1, 0.15) is 93.2 Å². The van der Waals surface area contributed by atoms with Crippen LogP contribution in [0.4, 0.5) is 11.4 Å². The minimum absolute atomic E-state index is 0.218. The number of aryl methyl sites for hydroxylation is 1. The van der Waals surface area contributed by atoms with Gasteiger partial charge in [-0.05, 0) is 101 Å². The Morgan fingerprint density at radius 2 is 1.64 bits per heavy atom. The number of para-hydroxylation sites is 1. The maximum atomic E-state index is 13.5. The Labute approximate surface area is 342 Å². The molecule has 1 unspecified atom stereocenters. The molecule has 2 bridgehead atoms. The first-order valence-corrected chi connectivity index (χ1v) is 21.3. The largest absolute Gasteiger partial charge is 0.491 e. The van der Waals surface area contributed by atoms with Crippen LogP contribution in [0.15, 0.2) is 59.5 Å². The Kier molecular flexibility index (Phi) is 10.9. The van der Waals surface area contributed by atoms with E-state index < -0.39 is 11.9 Å². The number of amides is 3. The molecule has 5 aromatic rings. The number of hydrogen-bond acceptors (Lipinski definition) is 10. The average molecular weight is 804 g/mol. The van der Waals surface area contributed by atoms with E-state index in [1.807, 2.05) is 24.3 Å². The summed E-state index contributed by atoms with van der Waals surface area (Å²) >= 11 is 0. The molecular formula is C44H53N9O6. The van der Waals surface area contributed by atoms with E-state index in [4.69, 9.17) is 14.6 Å². The Morgan fingerprint density at radius 3 is 2.44 bits per heavy atom. The van der Waals surface area contributed by atoms with Crippen LogP contribution in [-0.4, -0.2) is 92.5 Å². The van der Waals surface area contributed by atoms with Gasteiger partial charge in [-0.15, -0.1) is 0 Å². The quantitative estimate of drug-likeness (QED) is 0.208. The summed E-state index contributed by atoms with van der Waals surface area (Å²) < 4.78 is 17.3. The third kappa shape index (κ3) is 7.91. The second-order valence-electron chi connectivity index (χ2n) is 16.7. The van der Waals surface area contributed by atoms with Gasteiger partial charge in [-0.25, -0.2) is 9.78 Å². The molecule has 3 aliphatic heterocycles. The summed E-state index contributed by atoms with van der Waals surface area (Å²) in [5, 5.41) is 11.4. The third-order valence-corrected chi connectivity index (χ3v) is 12.9. The fourth-order valence-electron chi connectivity index (χ4n) is 9.62. The van der Waals surface area contributed by atoms with Gasteiger partial charge in [0.15, 0.2) is 0 Å². The maximum Gasteiger partial charge on any atom is 0.329 e. The summed E-state index contributed by atoms with van der Waals surface area (Å²) in [5.74, 6) is 0.655. The number of carbonyl (C=O) groups excluding carboxylic acids is 3. The second kappa shape index (κ2) is 16.5. The summed E-state index contributed by atoms with van der Waals surface area (Å²) in [4.78, 5) is 60.7. The molecule has 3 aromatic heterocycles. The van der Waals surface area contributed by atoms with Crippen LogP contribution in [0.25, 0.3) is 21.9 Å². The van der Waals surface area contributed by atoms with Crippen LogP contribution >= 0.6 is 0 Å². The molecule has 1 atom stereocenters. The maximum absolute atomic E-state index is 13.5. The number of nitrogens with zero attached hydrogens (tertiary/aromatic N) is 7. The molecule has 3 amide bonds. The van der Waals surface area contributed by atoms with E-state index in [0.29, 0.717) is 55.0 Å². The van der Waals surface area contributed by atoms with Gasteiger partial charge in [0.2, 0.25) is 17.7 Å². The monoisotopic (exact) mass is 803 g/mol. The summed E-state index contributed by atoms with van der Waals surface area (Å²) in [6.07, 6.45) is 11.8. The van der Waals surface area contributed by atoms with Crippen molar-refractivity contribution in [3.05, 3.63) is 70.9 Å². The number of anilines is 2. The van der Waals surface area contributed by atoms with Crippen LogP contribution < -0.4 is 30.7 Å².